The molecule has 104 valence electrons. The summed E-state index contributed by atoms with van der Waals surface area (Å²) < 4.78 is 4.80. The maximum atomic E-state index is 11.6. The Kier molecular flexibility index (Phi) is 4.80. The zero-order valence-corrected chi connectivity index (χ0v) is 11.7. The molecule has 2 N–H and O–H groups in total. The third-order valence-corrected chi connectivity index (χ3v) is 3.60. The molecule has 0 fully saturated rings. The number of ether oxygens (including phenoxy) is 1. The topological polar surface area (TPSA) is 50.4 Å². The molecule has 0 aromatic heterocycles. The summed E-state index contributed by atoms with van der Waals surface area (Å²) in [5, 5.41) is 5.53. The van der Waals surface area contributed by atoms with Crippen LogP contribution in [0.15, 0.2) is 18.2 Å². The Labute approximate surface area is 114 Å². The van der Waals surface area contributed by atoms with Crippen molar-refractivity contribution >= 4 is 6.03 Å². The number of rotatable bonds is 4. The molecule has 1 aromatic rings. The summed E-state index contributed by atoms with van der Waals surface area (Å²) in [4.78, 5) is 11.6. The van der Waals surface area contributed by atoms with E-state index in [2.05, 4.69) is 28.8 Å². The molecule has 0 bridgehead atoms. The van der Waals surface area contributed by atoms with Crippen LogP contribution < -0.4 is 10.6 Å². The number of hydrogen-bond acceptors (Lipinski definition) is 2. The molecular weight excluding hydrogens is 240 g/mol. The fourth-order valence-electron chi connectivity index (χ4n) is 2.49. The van der Waals surface area contributed by atoms with Gasteiger partial charge in [-0.1, -0.05) is 18.2 Å². The van der Waals surface area contributed by atoms with Crippen LogP contribution in [0.5, 0.6) is 0 Å². The molecule has 1 aliphatic carbocycles. The minimum Gasteiger partial charge on any atom is -0.364 e. The quantitative estimate of drug-likeness (QED) is 0.819. The van der Waals surface area contributed by atoms with Crippen LogP contribution in [0.3, 0.4) is 0 Å². The van der Waals surface area contributed by atoms with Crippen molar-refractivity contribution in [2.45, 2.75) is 38.6 Å². The molecule has 1 aliphatic rings. The third-order valence-electron chi connectivity index (χ3n) is 3.60. The molecule has 0 saturated heterocycles. The number of benzene rings is 1. The highest BCUT2D eigenvalue weighted by atomic mass is 16.5. The molecule has 1 aromatic carbocycles. The van der Waals surface area contributed by atoms with Crippen molar-refractivity contribution in [2.75, 3.05) is 13.8 Å². The number of fused-ring (bicyclic) bond motifs is 1. The lowest BCUT2D eigenvalue weighted by Crippen LogP contribution is -2.37. The number of methoxy groups -OCH3 is 1. The summed E-state index contributed by atoms with van der Waals surface area (Å²) >= 11 is 0. The minimum atomic E-state index is -0.202. The van der Waals surface area contributed by atoms with Gasteiger partial charge in [-0.25, -0.2) is 4.79 Å². The Bertz CT molecular complexity index is 446. The van der Waals surface area contributed by atoms with Crippen molar-refractivity contribution in [3.05, 3.63) is 34.9 Å². The van der Waals surface area contributed by atoms with Gasteiger partial charge in [0, 0.05) is 7.11 Å². The lowest BCUT2D eigenvalue weighted by Gasteiger charge is -2.20. The Morgan fingerprint density at radius 2 is 2.05 bits per heavy atom. The Hall–Kier alpha value is -1.55. The van der Waals surface area contributed by atoms with Crippen LogP contribution >= 0.6 is 0 Å². The monoisotopic (exact) mass is 262 g/mol. The average Bonchev–Trinajstić information content (AvgIpc) is 2.44. The molecule has 4 nitrogen and oxygen atoms in total. The normalized spacial score (nSPS) is 15.5. The highest BCUT2D eigenvalue weighted by Gasteiger charge is 2.13. The molecule has 0 aliphatic heterocycles. The van der Waals surface area contributed by atoms with Crippen LogP contribution in [0, 0.1) is 0 Å². The van der Waals surface area contributed by atoms with E-state index in [1.54, 1.807) is 7.11 Å². The van der Waals surface area contributed by atoms with Gasteiger partial charge >= 0.3 is 6.03 Å². The van der Waals surface area contributed by atoms with E-state index in [-0.39, 0.29) is 18.8 Å². The van der Waals surface area contributed by atoms with E-state index < -0.39 is 0 Å². The Balaban J connectivity index is 1.99. The number of carbonyl (C=O) groups excluding carboxylic acids is 1. The van der Waals surface area contributed by atoms with Crippen LogP contribution in [0.1, 0.15) is 42.5 Å². The standard InChI is InChI=1S/C15H22N2O2/c1-11(17-15(18)16-10-19-2)13-8-7-12-5-3-4-6-14(12)9-13/h7-9,11H,3-6,10H2,1-2H3,(H2,16,17,18). The molecule has 1 atom stereocenters. The van der Waals surface area contributed by atoms with Gasteiger partial charge in [0.15, 0.2) is 0 Å². The second-order valence-electron chi connectivity index (χ2n) is 5.04. The van der Waals surface area contributed by atoms with Gasteiger partial charge in [0.05, 0.1) is 6.04 Å². The number of amides is 2. The maximum absolute atomic E-state index is 11.6. The van der Waals surface area contributed by atoms with Crippen molar-refractivity contribution in [3.63, 3.8) is 0 Å². The van der Waals surface area contributed by atoms with Crippen molar-refractivity contribution in [2.24, 2.45) is 0 Å². The average molecular weight is 262 g/mol. The van der Waals surface area contributed by atoms with Crippen molar-refractivity contribution < 1.29 is 9.53 Å². The Morgan fingerprint density at radius 3 is 2.79 bits per heavy atom. The van der Waals surface area contributed by atoms with Gasteiger partial charge in [-0.05, 0) is 49.3 Å². The van der Waals surface area contributed by atoms with Crippen LogP contribution in [0.4, 0.5) is 4.79 Å². The first-order chi connectivity index (χ1) is 9.20. The molecule has 2 amide bonds. The fourth-order valence-corrected chi connectivity index (χ4v) is 2.49. The summed E-state index contributed by atoms with van der Waals surface area (Å²) in [5.41, 5.74) is 4.06. The maximum Gasteiger partial charge on any atom is 0.317 e. The summed E-state index contributed by atoms with van der Waals surface area (Å²) in [6.07, 6.45) is 4.91. The first-order valence-electron chi connectivity index (χ1n) is 6.85. The van der Waals surface area contributed by atoms with E-state index in [1.807, 2.05) is 6.92 Å². The summed E-state index contributed by atoms with van der Waals surface area (Å²) in [6.45, 7) is 2.22. The highest BCUT2D eigenvalue weighted by Crippen LogP contribution is 2.24. The molecule has 19 heavy (non-hydrogen) atoms. The first kappa shape index (κ1) is 13.9. The van der Waals surface area contributed by atoms with Gasteiger partial charge in [0.2, 0.25) is 0 Å². The molecule has 2 rings (SSSR count). The zero-order chi connectivity index (χ0) is 13.7. The van der Waals surface area contributed by atoms with Gasteiger partial charge in [0.25, 0.3) is 0 Å². The van der Waals surface area contributed by atoms with Crippen LogP contribution in [-0.4, -0.2) is 19.9 Å². The van der Waals surface area contributed by atoms with E-state index in [0.717, 1.165) is 12.0 Å². The number of hydrogen-bond donors (Lipinski definition) is 2. The van der Waals surface area contributed by atoms with Gasteiger partial charge in [0.1, 0.15) is 6.73 Å². The van der Waals surface area contributed by atoms with Crippen LogP contribution in [0.2, 0.25) is 0 Å². The highest BCUT2D eigenvalue weighted by molar-refractivity contribution is 5.74. The van der Waals surface area contributed by atoms with E-state index in [0.29, 0.717) is 0 Å². The smallest absolute Gasteiger partial charge is 0.317 e. The van der Waals surface area contributed by atoms with Gasteiger partial charge < -0.3 is 15.4 Å². The molecule has 0 saturated carbocycles. The lowest BCUT2D eigenvalue weighted by molar-refractivity contribution is 0.171. The lowest BCUT2D eigenvalue weighted by atomic mass is 9.89. The minimum absolute atomic E-state index is 0.00378. The SMILES string of the molecule is COCNC(=O)NC(C)c1ccc2c(c1)CCCC2. The third kappa shape index (κ3) is 3.70. The van der Waals surface area contributed by atoms with Gasteiger partial charge in [-0.3, -0.25) is 0 Å². The largest absolute Gasteiger partial charge is 0.364 e. The van der Waals surface area contributed by atoms with Crippen molar-refractivity contribution in [1.29, 1.82) is 0 Å². The number of carbonyl (C=O) groups is 1. The predicted molar refractivity (Wildman–Crippen MR) is 75.0 cm³/mol. The second kappa shape index (κ2) is 6.57. The van der Waals surface area contributed by atoms with Gasteiger partial charge in [-0.2, -0.15) is 0 Å². The molecule has 0 radical (unpaired) electrons. The van der Waals surface area contributed by atoms with Gasteiger partial charge in [-0.15, -0.1) is 0 Å². The molecule has 0 spiro atoms. The second-order valence-corrected chi connectivity index (χ2v) is 5.04. The van der Waals surface area contributed by atoms with Crippen molar-refractivity contribution in [3.8, 4) is 0 Å². The van der Waals surface area contributed by atoms with Crippen LogP contribution in [0.25, 0.3) is 0 Å². The molecule has 1 unspecified atom stereocenters. The van der Waals surface area contributed by atoms with E-state index in [4.69, 9.17) is 4.74 Å². The summed E-state index contributed by atoms with van der Waals surface area (Å²) in [7, 11) is 1.55. The molecule has 4 heteroatoms. The first-order valence-corrected chi connectivity index (χ1v) is 6.85. The van der Waals surface area contributed by atoms with E-state index in [1.165, 1.54) is 30.4 Å². The Morgan fingerprint density at radius 1 is 1.32 bits per heavy atom. The molecular formula is C15H22N2O2. The summed E-state index contributed by atoms with van der Waals surface area (Å²) in [6, 6.07) is 6.35. The molecule has 0 heterocycles. The number of nitrogens with one attached hydrogen (secondary N) is 2. The van der Waals surface area contributed by atoms with Crippen molar-refractivity contribution in [1.82, 2.24) is 10.6 Å². The summed E-state index contributed by atoms with van der Waals surface area (Å²) in [5.74, 6) is 0. The van der Waals surface area contributed by atoms with Crippen LogP contribution in [-0.2, 0) is 17.6 Å². The zero-order valence-electron chi connectivity index (χ0n) is 11.7. The number of urea groups is 1. The van der Waals surface area contributed by atoms with E-state index >= 15 is 0 Å². The number of aryl methyl sites for hydroxylation is 2. The van der Waals surface area contributed by atoms with E-state index in [9.17, 15) is 4.79 Å². The predicted octanol–water partition coefficient (Wildman–Crippen LogP) is 2.53. The fraction of sp³-hybridized carbons (Fsp3) is 0.533.